The van der Waals surface area contributed by atoms with E-state index in [0.29, 0.717) is 18.2 Å². The van der Waals surface area contributed by atoms with Gasteiger partial charge in [0.2, 0.25) is 0 Å². The number of pyridine rings is 1. The van der Waals surface area contributed by atoms with E-state index < -0.39 is 0 Å². The minimum Gasteiger partial charge on any atom is -0.373 e. The van der Waals surface area contributed by atoms with Crippen LogP contribution in [0.1, 0.15) is 36.8 Å². The molecule has 1 aromatic carbocycles. The molecule has 138 valence electrons. The minimum atomic E-state index is -0.125. The van der Waals surface area contributed by atoms with E-state index in [-0.39, 0.29) is 18.2 Å². The zero-order valence-electron chi connectivity index (χ0n) is 14.7. The van der Waals surface area contributed by atoms with Crippen molar-refractivity contribution in [3.05, 3.63) is 64.9 Å². The van der Waals surface area contributed by atoms with Gasteiger partial charge in [-0.25, -0.2) is 4.79 Å². The molecule has 1 aliphatic carbocycles. The molecule has 0 saturated heterocycles. The summed E-state index contributed by atoms with van der Waals surface area (Å²) in [6.45, 7) is 1.09. The van der Waals surface area contributed by atoms with E-state index in [1.165, 1.54) is 0 Å². The van der Waals surface area contributed by atoms with Gasteiger partial charge >= 0.3 is 6.03 Å². The quantitative estimate of drug-likeness (QED) is 0.802. The highest BCUT2D eigenvalue weighted by atomic mass is 35.5. The van der Waals surface area contributed by atoms with E-state index in [2.05, 4.69) is 15.6 Å². The van der Waals surface area contributed by atoms with Crippen molar-refractivity contribution in [2.24, 2.45) is 0 Å². The van der Waals surface area contributed by atoms with Crippen LogP contribution in [0.2, 0.25) is 5.02 Å². The van der Waals surface area contributed by atoms with Crippen LogP contribution in [0.5, 0.6) is 0 Å². The fraction of sp³-hybridized carbons (Fsp3) is 0.400. The third-order valence-electron chi connectivity index (χ3n) is 4.58. The second-order valence-corrected chi connectivity index (χ2v) is 7.04. The molecule has 1 fully saturated rings. The molecule has 5 nitrogen and oxygen atoms in total. The molecule has 1 heterocycles. The van der Waals surface area contributed by atoms with Gasteiger partial charge in [-0.3, -0.25) is 4.98 Å². The topological polar surface area (TPSA) is 63.2 Å². The Morgan fingerprint density at radius 3 is 2.58 bits per heavy atom. The first-order valence-electron chi connectivity index (χ1n) is 8.98. The molecular formula is C20H24ClN3O2. The number of ether oxygens (including phenoxy) is 1. The highest BCUT2D eigenvalue weighted by Crippen LogP contribution is 2.22. The number of nitrogens with zero attached hydrogens (tertiary/aromatic N) is 1. The molecule has 0 bridgehead atoms. The summed E-state index contributed by atoms with van der Waals surface area (Å²) in [6, 6.07) is 11.5. The summed E-state index contributed by atoms with van der Waals surface area (Å²) in [6.07, 6.45) is 7.64. The average molecular weight is 374 g/mol. The third-order valence-corrected chi connectivity index (χ3v) is 4.84. The second-order valence-electron chi connectivity index (χ2n) is 6.60. The molecule has 0 unspecified atom stereocenters. The molecule has 0 radical (unpaired) electrons. The van der Waals surface area contributed by atoms with Crippen LogP contribution in [-0.2, 0) is 17.9 Å². The summed E-state index contributed by atoms with van der Waals surface area (Å²) in [5, 5.41) is 6.64. The highest BCUT2D eigenvalue weighted by molar-refractivity contribution is 6.30. The number of aromatic nitrogens is 1. The van der Waals surface area contributed by atoms with E-state index in [1.807, 2.05) is 42.6 Å². The maximum absolute atomic E-state index is 12.1. The van der Waals surface area contributed by atoms with Gasteiger partial charge in [-0.15, -0.1) is 0 Å². The van der Waals surface area contributed by atoms with Crippen molar-refractivity contribution in [2.75, 3.05) is 0 Å². The monoisotopic (exact) mass is 373 g/mol. The number of amides is 2. The van der Waals surface area contributed by atoms with Gasteiger partial charge < -0.3 is 15.4 Å². The SMILES string of the molecule is O=C(NCc1ccc(Cl)cc1)NC1CCC(OCc2cccnc2)CC1. The van der Waals surface area contributed by atoms with Crippen molar-refractivity contribution in [3.63, 3.8) is 0 Å². The lowest BCUT2D eigenvalue weighted by Crippen LogP contribution is -2.44. The predicted octanol–water partition coefficient (Wildman–Crippen LogP) is 4.06. The molecule has 2 aromatic rings. The molecule has 6 heteroatoms. The summed E-state index contributed by atoms with van der Waals surface area (Å²) in [7, 11) is 0. The standard InChI is InChI=1S/C20H24ClN3O2/c21-17-5-3-15(4-6-17)13-23-20(25)24-18-7-9-19(10-8-18)26-14-16-2-1-11-22-12-16/h1-6,11-12,18-19H,7-10,13-14H2,(H2,23,24,25). The van der Waals surface area contributed by atoms with Crippen molar-refractivity contribution in [3.8, 4) is 0 Å². The number of nitrogens with one attached hydrogen (secondary N) is 2. The normalized spacial score (nSPS) is 19.7. The van der Waals surface area contributed by atoms with Crippen LogP contribution in [0.3, 0.4) is 0 Å². The van der Waals surface area contributed by atoms with Crippen LogP contribution >= 0.6 is 11.6 Å². The van der Waals surface area contributed by atoms with Gasteiger partial charge in [0, 0.05) is 30.0 Å². The Balaban J connectivity index is 1.33. The molecule has 3 rings (SSSR count). The molecule has 0 aliphatic heterocycles. The first-order valence-corrected chi connectivity index (χ1v) is 9.36. The Bertz CT molecular complexity index is 686. The molecule has 1 saturated carbocycles. The van der Waals surface area contributed by atoms with Gasteiger partial charge in [0.1, 0.15) is 0 Å². The van der Waals surface area contributed by atoms with E-state index in [0.717, 1.165) is 36.8 Å². The number of urea groups is 1. The molecule has 1 aliphatic rings. The number of halogens is 1. The Morgan fingerprint density at radius 1 is 1.12 bits per heavy atom. The van der Waals surface area contributed by atoms with Crippen LogP contribution in [0, 0.1) is 0 Å². The number of benzene rings is 1. The summed E-state index contributed by atoms with van der Waals surface area (Å²) < 4.78 is 5.96. The maximum Gasteiger partial charge on any atom is 0.315 e. The van der Waals surface area contributed by atoms with E-state index in [4.69, 9.17) is 16.3 Å². The van der Waals surface area contributed by atoms with Crippen LogP contribution < -0.4 is 10.6 Å². The van der Waals surface area contributed by atoms with E-state index in [1.54, 1.807) is 6.20 Å². The Morgan fingerprint density at radius 2 is 1.88 bits per heavy atom. The van der Waals surface area contributed by atoms with Crippen molar-refractivity contribution >= 4 is 17.6 Å². The smallest absolute Gasteiger partial charge is 0.315 e. The van der Waals surface area contributed by atoms with Crippen LogP contribution in [-0.4, -0.2) is 23.2 Å². The average Bonchev–Trinajstić information content (AvgIpc) is 2.68. The van der Waals surface area contributed by atoms with Crippen LogP contribution in [0.4, 0.5) is 4.79 Å². The molecule has 26 heavy (non-hydrogen) atoms. The van der Waals surface area contributed by atoms with Crippen LogP contribution in [0.15, 0.2) is 48.8 Å². The second kappa shape index (κ2) is 9.55. The van der Waals surface area contributed by atoms with Crippen molar-refractivity contribution in [2.45, 2.75) is 51.0 Å². The number of rotatable bonds is 6. The van der Waals surface area contributed by atoms with Crippen molar-refractivity contribution < 1.29 is 9.53 Å². The minimum absolute atomic E-state index is 0.125. The summed E-state index contributed by atoms with van der Waals surface area (Å²) in [4.78, 5) is 16.2. The summed E-state index contributed by atoms with van der Waals surface area (Å²) in [5.41, 5.74) is 2.12. The number of hydrogen-bond donors (Lipinski definition) is 2. The first kappa shape index (κ1) is 18.7. The van der Waals surface area contributed by atoms with Gasteiger partial charge in [0.05, 0.1) is 12.7 Å². The van der Waals surface area contributed by atoms with Crippen molar-refractivity contribution in [1.82, 2.24) is 15.6 Å². The number of carbonyl (C=O) groups excluding carboxylic acids is 1. The third kappa shape index (κ3) is 6.00. The molecular weight excluding hydrogens is 350 g/mol. The number of hydrogen-bond acceptors (Lipinski definition) is 3. The fourth-order valence-electron chi connectivity index (χ4n) is 3.09. The van der Waals surface area contributed by atoms with Gasteiger partial charge in [-0.2, -0.15) is 0 Å². The van der Waals surface area contributed by atoms with Crippen molar-refractivity contribution in [1.29, 1.82) is 0 Å². The van der Waals surface area contributed by atoms with E-state index >= 15 is 0 Å². The van der Waals surface area contributed by atoms with Gasteiger partial charge in [0.25, 0.3) is 0 Å². The predicted molar refractivity (Wildman–Crippen MR) is 102 cm³/mol. The lowest BCUT2D eigenvalue weighted by Gasteiger charge is -2.29. The zero-order valence-corrected chi connectivity index (χ0v) is 15.4. The lowest BCUT2D eigenvalue weighted by molar-refractivity contribution is 0.0119. The van der Waals surface area contributed by atoms with Gasteiger partial charge in [-0.1, -0.05) is 29.8 Å². The van der Waals surface area contributed by atoms with Crippen LogP contribution in [0.25, 0.3) is 0 Å². The molecule has 1 aromatic heterocycles. The molecule has 2 N–H and O–H groups in total. The maximum atomic E-state index is 12.1. The summed E-state index contributed by atoms with van der Waals surface area (Å²) in [5.74, 6) is 0. The Kier molecular flexibility index (Phi) is 6.86. The van der Waals surface area contributed by atoms with E-state index in [9.17, 15) is 4.79 Å². The zero-order chi connectivity index (χ0) is 18.2. The Hall–Kier alpha value is -2.11. The molecule has 0 spiro atoms. The molecule has 2 amide bonds. The summed E-state index contributed by atoms with van der Waals surface area (Å²) >= 11 is 5.86. The van der Waals surface area contributed by atoms with Gasteiger partial charge in [-0.05, 0) is 55.0 Å². The van der Waals surface area contributed by atoms with Gasteiger partial charge in [0.15, 0.2) is 0 Å². The largest absolute Gasteiger partial charge is 0.373 e. The first-order chi connectivity index (χ1) is 12.7. The lowest BCUT2D eigenvalue weighted by atomic mass is 9.93. The Labute approximate surface area is 159 Å². The fourth-order valence-corrected chi connectivity index (χ4v) is 3.22. The highest BCUT2D eigenvalue weighted by Gasteiger charge is 2.22. The molecule has 0 atom stereocenters. The number of carbonyl (C=O) groups is 1.